The molecule has 0 bridgehead atoms. The molecule has 0 saturated heterocycles. The minimum Gasteiger partial charge on any atom is -0.311 e. The lowest BCUT2D eigenvalue weighted by Crippen LogP contribution is -2.44. The van der Waals surface area contributed by atoms with Crippen molar-refractivity contribution in [1.29, 1.82) is 0 Å². The number of aromatic nitrogens is 1. The Bertz CT molecular complexity index is 774. The van der Waals surface area contributed by atoms with E-state index in [4.69, 9.17) is 0 Å². The molecule has 1 N–H and O–H groups in total. The number of thiazole rings is 1. The summed E-state index contributed by atoms with van der Waals surface area (Å²) in [4.78, 5) is 29.0. The second-order valence-electron chi connectivity index (χ2n) is 6.18. The highest BCUT2D eigenvalue weighted by Crippen LogP contribution is 2.31. The first-order chi connectivity index (χ1) is 11.4. The summed E-state index contributed by atoms with van der Waals surface area (Å²) in [6, 6.07) is 4.65. The van der Waals surface area contributed by atoms with E-state index in [-0.39, 0.29) is 23.7 Å². The van der Waals surface area contributed by atoms with Crippen molar-refractivity contribution in [3.63, 3.8) is 0 Å². The van der Waals surface area contributed by atoms with Crippen molar-refractivity contribution < 1.29 is 9.72 Å². The van der Waals surface area contributed by atoms with Crippen molar-refractivity contribution >= 4 is 28.6 Å². The minimum absolute atomic E-state index is 0.0489. The molecule has 7 nitrogen and oxygen atoms in total. The van der Waals surface area contributed by atoms with E-state index in [9.17, 15) is 14.9 Å². The van der Waals surface area contributed by atoms with Crippen molar-refractivity contribution in [1.82, 2.24) is 10.3 Å². The Morgan fingerprint density at radius 2 is 2.29 bits per heavy atom. The highest BCUT2D eigenvalue weighted by Gasteiger charge is 2.29. The van der Waals surface area contributed by atoms with Crippen LogP contribution in [0.4, 0.5) is 11.4 Å². The van der Waals surface area contributed by atoms with Gasteiger partial charge in [0.15, 0.2) is 0 Å². The van der Waals surface area contributed by atoms with Crippen LogP contribution in [0.5, 0.6) is 0 Å². The molecule has 0 spiro atoms. The maximum absolute atomic E-state index is 12.6. The molecule has 1 aliphatic rings. The topological polar surface area (TPSA) is 88.4 Å². The molecule has 8 heteroatoms. The maximum Gasteiger partial charge on any atom is 0.269 e. The number of amides is 1. The molecule has 0 radical (unpaired) electrons. The highest BCUT2D eigenvalue weighted by atomic mass is 32.1. The number of non-ortho nitro benzene ring substituents is 1. The number of carbonyl (C=O) groups excluding carboxylic acids is 1. The zero-order valence-electron chi connectivity index (χ0n) is 13.5. The molecule has 1 aliphatic heterocycles. The third kappa shape index (κ3) is 3.15. The normalized spacial score (nSPS) is 13.8. The van der Waals surface area contributed by atoms with Crippen LogP contribution >= 0.6 is 11.3 Å². The van der Waals surface area contributed by atoms with Crippen LogP contribution in [0.3, 0.4) is 0 Å². The predicted molar refractivity (Wildman–Crippen MR) is 92.3 cm³/mol. The third-order valence-corrected chi connectivity index (χ3v) is 5.22. The van der Waals surface area contributed by atoms with E-state index >= 15 is 0 Å². The van der Waals surface area contributed by atoms with Crippen molar-refractivity contribution in [2.24, 2.45) is 0 Å². The zero-order chi connectivity index (χ0) is 17.3. The van der Waals surface area contributed by atoms with Crippen LogP contribution in [0.25, 0.3) is 0 Å². The Morgan fingerprint density at radius 3 is 2.96 bits per heavy atom. The average Bonchev–Trinajstić information content (AvgIpc) is 3.21. The lowest BCUT2D eigenvalue weighted by atomic mass is 10.1. The average molecular weight is 346 g/mol. The number of nitrogens with one attached hydrogen (secondary N) is 1. The molecule has 126 valence electrons. The van der Waals surface area contributed by atoms with Gasteiger partial charge in [0.2, 0.25) is 5.91 Å². The Kier molecular flexibility index (Phi) is 4.33. The van der Waals surface area contributed by atoms with Crippen LogP contribution in [0.2, 0.25) is 0 Å². The van der Waals surface area contributed by atoms with Crippen LogP contribution in [-0.4, -0.2) is 28.9 Å². The number of rotatable bonds is 5. The van der Waals surface area contributed by atoms with Gasteiger partial charge < -0.3 is 4.90 Å². The van der Waals surface area contributed by atoms with Gasteiger partial charge in [0.25, 0.3) is 5.69 Å². The molecule has 0 aliphatic carbocycles. The first-order valence-electron chi connectivity index (χ1n) is 7.61. The Hall–Kier alpha value is -2.32. The number of nitrogens with zero attached hydrogens (tertiary/aromatic N) is 3. The fourth-order valence-corrected chi connectivity index (χ4v) is 3.50. The maximum atomic E-state index is 12.6. The number of nitro benzene ring substituents is 1. The molecule has 1 aromatic heterocycles. The van der Waals surface area contributed by atoms with Crippen LogP contribution < -0.4 is 10.2 Å². The Balaban J connectivity index is 1.69. The largest absolute Gasteiger partial charge is 0.311 e. The summed E-state index contributed by atoms with van der Waals surface area (Å²) in [6.45, 7) is 4.71. The molecule has 0 unspecified atom stereocenters. The quantitative estimate of drug-likeness (QED) is 0.664. The van der Waals surface area contributed by atoms with Gasteiger partial charge in [-0.05, 0) is 31.9 Å². The number of anilines is 1. The molecule has 3 rings (SSSR count). The van der Waals surface area contributed by atoms with E-state index in [0.717, 1.165) is 16.3 Å². The van der Waals surface area contributed by atoms with Crippen LogP contribution in [-0.2, 0) is 16.8 Å². The van der Waals surface area contributed by atoms with Crippen molar-refractivity contribution in [2.45, 2.75) is 25.8 Å². The molecule has 1 amide bonds. The van der Waals surface area contributed by atoms with Gasteiger partial charge in [0.1, 0.15) is 5.01 Å². The number of hydrogen-bond acceptors (Lipinski definition) is 6. The van der Waals surface area contributed by atoms with Gasteiger partial charge in [-0.2, -0.15) is 0 Å². The van der Waals surface area contributed by atoms with Crippen LogP contribution in [0, 0.1) is 10.1 Å². The van der Waals surface area contributed by atoms with E-state index in [2.05, 4.69) is 10.3 Å². The number of benzene rings is 1. The van der Waals surface area contributed by atoms with E-state index in [1.807, 2.05) is 19.2 Å². The van der Waals surface area contributed by atoms with Gasteiger partial charge in [0, 0.05) is 35.9 Å². The molecule has 24 heavy (non-hydrogen) atoms. The van der Waals surface area contributed by atoms with Crippen molar-refractivity contribution in [3.8, 4) is 0 Å². The lowest BCUT2D eigenvalue weighted by Gasteiger charge is -2.25. The van der Waals surface area contributed by atoms with E-state index in [1.54, 1.807) is 34.6 Å². The SMILES string of the molecule is CC(C)(NCC(=O)N1CCc2cc([N+](=O)[O-])ccc21)c1nccs1. The summed E-state index contributed by atoms with van der Waals surface area (Å²) in [5.41, 5.74) is 1.28. The first-order valence-corrected chi connectivity index (χ1v) is 8.49. The minimum atomic E-state index is -0.414. The zero-order valence-corrected chi connectivity index (χ0v) is 14.3. The van der Waals surface area contributed by atoms with Crippen molar-refractivity contribution in [2.75, 3.05) is 18.0 Å². The van der Waals surface area contributed by atoms with Gasteiger partial charge >= 0.3 is 0 Å². The first kappa shape index (κ1) is 16.5. The van der Waals surface area contributed by atoms with E-state index in [0.29, 0.717) is 13.0 Å². The van der Waals surface area contributed by atoms with E-state index < -0.39 is 4.92 Å². The number of hydrogen-bond donors (Lipinski definition) is 1. The van der Waals surface area contributed by atoms with Crippen LogP contribution in [0.15, 0.2) is 29.8 Å². The fourth-order valence-electron chi connectivity index (χ4n) is 2.76. The van der Waals surface area contributed by atoms with E-state index in [1.165, 1.54) is 6.07 Å². The van der Waals surface area contributed by atoms with Gasteiger partial charge in [-0.15, -0.1) is 11.3 Å². The second-order valence-corrected chi connectivity index (χ2v) is 7.08. The fraction of sp³-hybridized carbons (Fsp3) is 0.375. The molecule has 0 saturated carbocycles. The molecule has 0 fully saturated rings. The summed E-state index contributed by atoms with van der Waals surface area (Å²) in [7, 11) is 0. The van der Waals surface area contributed by atoms with Gasteiger partial charge in [-0.25, -0.2) is 4.98 Å². The van der Waals surface area contributed by atoms with Gasteiger partial charge in [-0.1, -0.05) is 0 Å². The Morgan fingerprint density at radius 1 is 1.50 bits per heavy atom. The molecule has 2 heterocycles. The molecule has 0 atom stereocenters. The number of nitro groups is 1. The van der Waals surface area contributed by atoms with Gasteiger partial charge in [0.05, 0.1) is 17.0 Å². The summed E-state index contributed by atoms with van der Waals surface area (Å²) < 4.78 is 0. The number of fused-ring (bicyclic) bond motifs is 1. The van der Waals surface area contributed by atoms with Gasteiger partial charge in [-0.3, -0.25) is 20.2 Å². The molecular formula is C16H18N4O3S. The predicted octanol–water partition coefficient (Wildman–Crippen LogP) is 2.47. The smallest absolute Gasteiger partial charge is 0.269 e. The van der Waals surface area contributed by atoms with Crippen LogP contribution in [0.1, 0.15) is 24.4 Å². The summed E-state index contributed by atoms with van der Waals surface area (Å²) in [5.74, 6) is -0.0489. The molecule has 2 aromatic rings. The Labute approximate surface area is 143 Å². The molecule has 1 aromatic carbocycles. The lowest BCUT2D eigenvalue weighted by molar-refractivity contribution is -0.384. The second kappa shape index (κ2) is 6.29. The highest BCUT2D eigenvalue weighted by molar-refractivity contribution is 7.09. The summed E-state index contributed by atoms with van der Waals surface area (Å²) in [6.07, 6.45) is 2.38. The monoisotopic (exact) mass is 346 g/mol. The summed E-state index contributed by atoms with van der Waals surface area (Å²) >= 11 is 1.54. The summed E-state index contributed by atoms with van der Waals surface area (Å²) in [5, 5.41) is 16.9. The number of carbonyl (C=O) groups is 1. The third-order valence-electron chi connectivity index (χ3n) is 4.12. The van der Waals surface area contributed by atoms with Crippen molar-refractivity contribution in [3.05, 3.63) is 50.5 Å². The standard InChI is InChI=1S/C16H18N4O3S/c1-16(2,15-17-6-8-24-15)18-10-14(21)19-7-5-11-9-12(20(22)23)3-4-13(11)19/h3-4,6,8-9,18H,5,7,10H2,1-2H3. The molecular weight excluding hydrogens is 328 g/mol.